The Balaban J connectivity index is 2.58. The molecule has 0 aromatic heterocycles. The summed E-state index contributed by atoms with van der Waals surface area (Å²) in [5.41, 5.74) is 3.71. The highest BCUT2D eigenvalue weighted by Crippen LogP contribution is 2.33. The van der Waals surface area contributed by atoms with Gasteiger partial charge in [-0.2, -0.15) is 5.26 Å². The van der Waals surface area contributed by atoms with Crippen molar-refractivity contribution in [1.82, 2.24) is 9.80 Å². The van der Waals surface area contributed by atoms with Gasteiger partial charge in [0.15, 0.2) is 0 Å². The van der Waals surface area contributed by atoms with Crippen LogP contribution in [0.1, 0.15) is 47.2 Å². The number of nitriles is 1. The summed E-state index contributed by atoms with van der Waals surface area (Å²) in [6.07, 6.45) is 8.34. The van der Waals surface area contributed by atoms with Gasteiger partial charge in [-0.15, -0.1) is 13.2 Å². The van der Waals surface area contributed by atoms with Crippen LogP contribution < -0.4 is 4.74 Å². The first-order valence-corrected chi connectivity index (χ1v) is 11.6. The Morgan fingerprint density at radius 2 is 1.86 bits per heavy atom. The number of carbonyl (C=O) groups is 1. The van der Waals surface area contributed by atoms with Crippen LogP contribution in [0.5, 0.6) is 5.75 Å². The zero-order valence-electron chi connectivity index (χ0n) is 21.1. The number of rotatable bonds is 12. The lowest BCUT2D eigenvalue weighted by atomic mass is 9.95. The van der Waals surface area contributed by atoms with Crippen molar-refractivity contribution < 1.29 is 13.9 Å². The predicted octanol–water partition coefficient (Wildman–Crippen LogP) is 5.81. The Bertz CT molecular complexity index is 1110. The van der Waals surface area contributed by atoms with Crippen LogP contribution in [-0.4, -0.2) is 43.0 Å². The van der Waals surface area contributed by atoms with E-state index in [1.165, 1.54) is 19.2 Å². The molecular formula is C29H34FN3O2. The molecule has 2 aromatic rings. The Hall–Kier alpha value is -3.69. The number of aryl methyl sites for hydroxylation is 1. The molecule has 0 saturated carbocycles. The molecular weight excluding hydrogens is 441 g/mol. The van der Waals surface area contributed by atoms with Crippen LogP contribution in [0.15, 0.2) is 61.7 Å². The lowest BCUT2D eigenvalue weighted by Gasteiger charge is -2.33. The smallest absolute Gasteiger partial charge is 0.244 e. The predicted molar refractivity (Wildman–Crippen MR) is 139 cm³/mol. The Kier molecular flexibility index (Phi) is 10.4. The maximum atomic E-state index is 13.9. The first-order valence-electron chi connectivity index (χ1n) is 11.6. The normalized spacial score (nSPS) is 11.8. The Morgan fingerprint density at radius 1 is 1.23 bits per heavy atom. The van der Waals surface area contributed by atoms with Crippen molar-refractivity contribution in [2.24, 2.45) is 0 Å². The van der Waals surface area contributed by atoms with Gasteiger partial charge < -0.3 is 9.64 Å². The average Bonchev–Trinajstić information content (AvgIpc) is 2.84. The molecule has 2 aromatic carbocycles. The molecule has 0 spiro atoms. The molecule has 1 amide bonds. The number of ether oxygens (including phenoxy) is 1. The van der Waals surface area contributed by atoms with Gasteiger partial charge in [-0.25, -0.2) is 4.39 Å². The number of likely N-dealkylation sites (N-methyl/N-ethyl adjacent to an activating group) is 1. The van der Waals surface area contributed by atoms with Crippen molar-refractivity contribution in [3.63, 3.8) is 0 Å². The van der Waals surface area contributed by atoms with Crippen molar-refractivity contribution in [2.45, 2.75) is 32.9 Å². The molecule has 0 fully saturated rings. The topological polar surface area (TPSA) is 56.6 Å². The van der Waals surface area contributed by atoms with Crippen LogP contribution >= 0.6 is 0 Å². The highest BCUT2D eigenvalue weighted by molar-refractivity contribution is 5.83. The molecule has 1 atom stereocenters. The number of carbonyl (C=O) groups excluding carboxylic acids is 1. The fourth-order valence-electron chi connectivity index (χ4n) is 4.12. The Morgan fingerprint density at radius 3 is 2.37 bits per heavy atom. The fourth-order valence-corrected chi connectivity index (χ4v) is 4.12. The summed E-state index contributed by atoms with van der Waals surface area (Å²) < 4.78 is 19.3. The van der Waals surface area contributed by atoms with E-state index in [0.29, 0.717) is 30.0 Å². The zero-order valence-corrected chi connectivity index (χ0v) is 21.1. The summed E-state index contributed by atoms with van der Waals surface area (Å²) in [6.45, 7) is 12.8. The van der Waals surface area contributed by atoms with E-state index < -0.39 is 6.04 Å². The lowest BCUT2D eigenvalue weighted by molar-refractivity contribution is -0.136. The average molecular weight is 476 g/mol. The second kappa shape index (κ2) is 13.3. The molecule has 0 aliphatic rings. The summed E-state index contributed by atoms with van der Waals surface area (Å²) in [5.74, 6) is -0.0816. The van der Waals surface area contributed by atoms with Gasteiger partial charge in [0.1, 0.15) is 23.7 Å². The highest BCUT2D eigenvalue weighted by Gasteiger charge is 2.30. The van der Waals surface area contributed by atoms with Gasteiger partial charge in [0.25, 0.3) is 0 Å². The molecule has 0 aliphatic carbocycles. The molecule has 1 unspecified atom stereocenters. The van der Waals surface area contributed by atoms with Crippen molar-refractivity contribution in [3.05, 3.63) is 95.4 Å². The molecule has 184 valence electrons. The third-order valence-electron chi connectivity index (χ3n) is 5.76. The van der Waals surface area contributed by atoms with Gasteiger partial charge in [-0.3, -0.25) is 9.69 Å². The van der Waals surface area contributed by atoms with Crippen molar-refractivity contribution in [3.8, 4) is 11.8 Å². The molecule has 35 heavy (non-hydrogen) atoms. The number of hydrogen-bond donors (Lipinski definition) is 0. The van der Waals surface area contributed by atoms with E-state index in [1.807, 2.05) is 30.9 Å². The van der Waals surface area contributed by atoms with Crippen LogP contribution in [-0.2, 0) is 11.3 Å². The van der Waals surface area contributed by atoms with Crippen LogP contribution in [0.25, 0.3) is 6.08 Å². The van der Waals surface area contributed by atoms with E-state index >= 15 is 0 Å². The van der Waals surface area contributed by atoms with Crippen molar-refractivity contribution in [2.75, 3.05) is 27.2 Å². The van der Waals surface area contributed by atoms with E-state index in [1.54, 1.807) is 42.3 Å². The standard InChI is InChI=1S/C29H34FN3O2/c1-7-10-11-25-21(4)18-23(19-31)28(35-6)26(25)20-32(5)29(34)27(33(16-8-2)17-9-3)22-12-14-24(30)15-13-22/h8-15,18,27H,2-3,7,16-17,20H2,1,4-6H3/b11-10-. The van der Waals surface area contributed by atoms with Gasteiger partial charge in [0.05, 0.1) is 12.7 Å². The van der Waals surface area contributed by atoms with Gasteiger partial charge in [-0.05, 0) is 48.2 Å². The first kappa shape index (κ1) is 27.6. The third-order valence-corrected chi connectivity index (χ3v) is 5.76. The zero-order chi connectivity index (χ0) is 26.0. The molecule has 6 heteroatoms. The maximum Gasteiger partial charge on any atom is 0.244 e. The molecule has 5 nitrogen and oxygen atoms in total. The van der Waals surface area contributed by atoms with Gasteiger partial charge >= 0.3 is 0 Å². The van der Waals surface area contributed by atoms with Gasteiger partial charge in [-0.1, -0.05) is 43.4 Å². The van der Waals surface area contributed by atoms with Crippen molar-refractivity contribution in [1.29, 1.82) is 5.26 Å². The van der Waals surface area contributed by atoms with Crippen LogP contribution in [0.4, 0.5) is 4.39 Å². The van der Waals surface area contributed by atoms with E-state index in [2.05, 4.69) is 19.2 Å². The Labute approximate surface area is 208 Å². The van der Waals surface area contributed by atoms with E-state index in [9.17, 15) is 14.4 Å². The molecule has 0 aliphatic heterocycles. The summed E-state index contributed by atoms with van der Waals surface area (Å²) in [7, 11) is 3.25. The number of halogens is 1. The fraction of sp³-hybridized carbons (Fsp3) is 0.310. The van der Waals surface area contributed by atoms with Gasteiger partial charge in [0, 0.05) is 32.2 Å². The molecule has 2 rings (SSSR count). The minimum atomic E-state index is -0.669. The second-order valence-corrected chi connectivity index (χ2v) is 8.27. The summed E-state index contributed by atoms with van der Waals surface area (Å²) in [5, 5.41) is 9.67. The number of nitrogens with zero attached hydrogens (tertiary/aromatic N) is 3. The van der Waals surface area contributed by atoms with E-state index in [0.717, 1.165) is 23.1 Å². The summed E-state index contributed by atoms with van der Waals surface area (Å²) >= 11 is 0. The number of allylic oxidation sites excluding steroid dienone is 1. The van der Waals surface area contributed by atoms with E-state index in [-0.39, 0.29) is 18.3 Å². The third kappa shape index (κ3) is 6.68. The molecule has 0 heterocycles. The molecule has 0 bridgehead atoms. The largest absolute Gasteiger partial charge is 0.495 e. The van der Waals surface area contributed by atoms with E-state index in [4.69, 9.17) is 4.74 Å². The molecule has 0 N–H and O–H groups in total. The molecule has 0 radical (unpaired) electrons. The number of methoxy groups -OCH3 is 1. The van der Waals surface area contributed by atoms with Crippen LogP contribution in [0.3, 0.4) is 0 Å². The summed E-state index contributed by atoms with van der Waals surface area (Å²) in [6, 6.07) is 9.29. The number of hydrogen-bond acceptors (Lipinski definition) is 4. The maximum absolute atomic E-state index is 13.9. The minimum absolute atomic E-state index is 0.173. The van der Waals surface area contributed by atoms with Crippen LogP contribution in [0.2, 0.25) is 0 Å². The first-order chi connectivity index (χ1) is 16.8. The quantitative estimate of drug-likeness (QED) is 0.364. The van der Waals surface area contributed by atoms with Crippen LogP contribution in [0, 0.1) is 24.1 Å². The number of amides is 1. The SMILES string of the molecule is C=CCN(CC=C)C(C(=O)N(C)Cc1c(/C=C\CC)c(C)cc(C#N)c1OC)c1ccc(F)cc1. The second-order valence-electron chi connectivity index (χ2n) is 8.27. The van der Waals surface area contributed by atoms with Gasteiger partial charge in [0.2, 0.25) is 5.91 Å². The van der Waals surface area contributed by atoms with Crippen molar-refractivity contribution >= 4 is 12.0 Å². The molecule has 0 saturated heterocycles. The minimum Gasteiger partial charge on any atom is -0.495 e. The summed E-state index contributed by atoms with van der Waals surface area (Å²) in [4.78, 5) is 17.4. The highest BCUT2D eigenvalue weighted by atomic mass is 19.1. The number of benzene rings is 2. The lowest BCUT2D eigenvalue weighted by Crippen LogP contribution is -2.41. The monoisotopic (exact) mass is 475 g/mol.